The number of amides is 2. The fourth-order valence-electron chi connectivity index (χ4n) is 5.44. The molecule has 0 bridgehead atoms. The van der Waals surface area contributed by atoms with Gasteiger partial charge in [-0.3, -0.25) is 13.9 Å². The van der Waals surface area contributed by atoms with Gasteiger partial charge in [0.2, 0.25) is 11.8 Å². The molecule has 0 heterocycles. The molecular formula is C33H38Cl3N3O5S. The number of benzene rings is 3. The van der Waals surface area contributed by atoms with Gasteiger partial charge in [-0.15, -0.1) is 0 Å². The van der Waals surface area contributed by atoms with Gasteiger partial charge in [0.05, 0.1) is 17.2 Å². The number of hydrogen-bond donors (Lipinski definition) is 1. The van der Waals surface area contributed by atoms with Crippen LogP contribution in [0.3, 0.4) is 0 Å². The summed E-state index contributed by atoms with van der Waals surface area (Å²) < 4.78 is 34.7. The Balaban J connectivity index is 1.73. The number of carbonyl (C=O) groups excluding carboxylic acids is 2. The van der Waals surface area contributed by atoms with Crippen molar-refractivity contribution in [3.63, 3.8) is 0 Å². The summed E-state index contributed by atoms with van der Waals surface area (Å²) in [7, 11) is -4.24. The standard InChI is InChI=1S/C33H38Cl3N3O5S/c1-3-31(33(41)37-26-8-6-5-7-9-26)38(21-23-10-11-25(35)20-30(23)36)32(40)22-39(27-14-16-28(17-15-27)44-4-2)45(42,43)29-18-12-24(34)13-19-29/h10-20,26,31H,3-9,21-22H2,1-2H3,(H,37,41)/t31-/m0/s1. The lowest BCUT2D eigenvalue weighted by molar-refractivity contribution is -0.140. The molecular weight excluding hydrogens is 657 g/mol. The van der Waals surface area contributed by atoms with Gasteiger partial charge in [0.1, 0.15) is 18.3 Å². The van der Waals surface area contributed by atoms with Gasteiger partial charge < -0.3 is 15.0 Å². The molecule has 1 fully saturated rings. The molecule has 0 aromatic heterocycles. The fourth-order valence-corrected chi connectivity index (χ4v) is 7.44. The topological polar surface area (TPSA) is 96.0 Å². The summed E-state index contributed by atoms with van der Waals surface area (Å²) in [5, 5.41) is 4.27. The summed E-state index contributed by atoms with van der Waals surface area (Å²) in [4.78, 5) is 29.4. The van der Waals surface area contributed by atoms with Crippen LogP contribution >= 0.6 is 34.8 Å². The average molecular weight is 695 g/mol. The predicted molar refractivity (Wildman–Crippen MR) is 180 cm³/mol. The maximum absolute atomic E-state index is 14.3. The lowest BCUT2D eigenvalue weighted by Crippen LogP contribution is -2.54. The van der Waals surface area contributed by atoms with Crippen LogP contribution in [-0.4, -0.2) is 50.4 Å². The molecule has 0 unspecified atom stereocenters. The van der Waals surface area contributed by atoms with E-state index >= 15 is 0 Å². The van der Waals surface area contributed by atoms with Crippen LogP contribution in [0.2, 0.25) is 15.1 Å². The molecule has 1 atom stereocenters. The fraction of sp³-hybridized carbons (Fsp3) is 0.394. The van der Waals surface area contributed by atoms with Crippen LogP contribution in [0.1, 0.15) is 57.9 Å². The van der Waals surface area contributed by atoms with E-state index in [0.717, 1.165) is 36.4 Å². The number of anilines is 1. The number of ether oxygens (including phenoxy) is 1. The summed E-state index contributed by atoms with van der Waals surface area (Å²) in [6.45, 7) is 3.51. The van der Waals surface area contributed by atoms with Gasteiger partial charge in [-0.2, -0.15) is 0 Å². The second-order valence-electron chi connectivity index (χ2n) is 10.9. The third-order valence-electron chi connectivity index (χ3n) is 7.81. The number of nitrogens with zero attached hydrogens (tertiary/aromatic N) is 2. The van der Waals surface area contributed by atoms with E-state index < -0.39 is 28.5 Å². The summed E-state index contributed by atoms with van der Waals surface area (Å²) in [5.74, 6) is -0.296. The van der Waals surface area contributed by atoms with Gasteiger partial charge >= 0.3 is 0 Å². The van der Waals surface area contributed by atoms with E-state index in [-0.39, 0.29) is 29.1 Å². The van der Waals surface area contributed by atoms with E-state index in [0.29, 0.717) is 39.4 Å². The van der Waals surface area contributed by atoms with Crippen LogP contribution in [-0.2, 0) is 26.2 Å². The maximum atomic E-state index is 14.3. The van der Waals surface area contributed by atoms with Crippen molar-refractivity contribution in [2.45, 2.75) is 75.9 Å². The number of halogens is 3. The largest absolute Gasteiger partial charge is 0.494 e. The van der Waals surface area contributed by atoms with Crippen molar-refractivity contribution in [3.05, 3.63) is 87.4 Å². The monoisotopic (exact) mass is 693 g/mol. The highest BCUT2D eigenvalue weighted by molar-refractivity contribution is 7.92. The minimum atomic E-state index is -4.24. The Bertz CT molecular complexity index is 1560. The van der Waals surface area contributed by atoms with Gasteiger partial charge in [0, 0.05) is 27.7 Å². The Morgan fingerprint density at radius 3 is 2.16 bits per heavy atom. The van der Waals surface area contributed by atoms with Crippen LogP contribution in [0.25, 0.3) is 0 Å². The van der Waals surface area contributed by atoms with Crippen molar-refractivity contribution in [3.8, 4) is 5.75 Å². The zero-order chi connectivity index (χ0) is 32.6. The molecule has 0 spiro atoms. The molecule has 1 aliphatic carbocycles. The average Bonchev–Trinajstić information content (AvgIpc) is 3.02. The minimum absolute atomic E-state index is 0.0243. The van der Waals surface area contributed by atoms with Gasteiger partial charge in [0.15, 0.2) is 0 Å². The Labute approximate surface area is 280 Å². The van der Waals surface area contributed by atoms with E-state index in [1.54, 1.807) is 42.5 Å². The van der Waals surface area contributed by atoms with Crippen LogP contribution in [0.4, 0.5) is 5.69 Å². The number of nitrogens with one attached hydrogen (secondary N) is 1. The van der Waals surface area contributed by atoms with E-state index in [2.05, 4.69) is 5.32 Å². The molecule has 45 heavy (non-hydrogen) atoms. The van der Waals surface area contributed by atoms with Crippen molar-refractivity contribution in [2.24, 2.45) is 0 Å². The molecule has 0 aliphatic heterocycles. The zero-order valence-electron chi connectivity index (χ0n) is 25.3. The molecule has 1 saturated carbocycles. The molecule has 1 aliphatic rings. The minimum Gasteiger partial charge on any atom is -0.494 e. The van der Waals surface area contributed by atoms with E-state index in [4.69, 9.17) is 39.5 Å². The van der Waals surface area contributed by atoms with Gasteiger partial charge in [-0.1, -0.05) is 67.1 Å². The van der Waals surface area contributed by atoms with E-state index in [1.165, 1.54) is 29.2 Å². The van der Waals surface area contributed by atoms with Crippen LogP contribution in [0, 0.1) is 0 Å². The SMILES string of the molecule is CCOc1ccc(N(CC(=O)N(Cc2ccc(Cl)cc2Cl)[C@@H](CC)C(=O)NC2CCCCC2)S(=O)(=O)c2ccc(Cl)cc2)cc1. The third-order valence-corrected chi connectivity index (χ3v) is 10.4. The molecule has 1 N–H and O–H groups in total. The Morgan fingerprint density at radius 1 is 0.911 bits per heavy atom. The highest BCUT2D eigenvalue weighted by atomic mass is 35.5. The first-order valence-electron chi connectivity index (χ1n) is 15.1. The first kappa shape index (κ1) is 34.9. The smallest absolute Gasteiger partial charge is 0.264 e. The number of carbonyl (C=O) groups is 2. The van der Waals surface area contributed by atoms with Crippen molar-refractivity contribution in [1.82, 2.24) is 10.2 Å². The Kier molecular flexibility index (Phi) is 12.4. The maximum Gasteiger partial charge on any atom is 0.264 e. The zero-order valence-corrected chi connectivity index (χ0v) is 28.4. The Hall–Kier alpha value is -2.98. The van der Waals surface area contributed by atoms with Crippen molar-refractivity contribution < 1.29 is 22.7 Å². The summed E-state index contributed by atoms with van der Waals surface area (Å²) in [5.41, 5.74) is 0.831. The molecule has 8 nitrogen and oxygen atoms in total. The summed E-state index contributed by atoms with van der Waals surface area (Å²) in [6, 6.07) is 16.3. The molecule has 12 heteroatoms. The van der Waals surface area contributed by atoms with E-state index in [9.17, 15) is 18.0 Å². The van der Waals surface area contributed by atoms with Crippen LogP contribution in [0.15, 0.2) is 71.6 Å². The van der Waals surface area contributed by atoms with E-state index in [1.807, 2.05) is 13.8 Å². The first-order valence-corrected chi connectivity index (χ1v) is 17.7. The second-order valence-corrected chi connectivity index (χ2v) is 14.1. The molecule has 0 radical (unpaired) electrons. The van der Waals surface area contributed by atoms with Gasteiger partial charge in [-0.05, 0) is 92.4 Å². The van der Waals surface area contributed by atoms with Gasteiger partial charge in [-0.25, -0.2) is 8.42 Å². The van der Waals surface area contributed by atoms with Crippen molar-refractivity contribution in [2.75, 3.05) is 17.5 Å². The quantitative estimate of drug-likeness (QED) is 0.200. The third kappa shape index (κ3) is 9.06. The molecule has 0 saturated heterocycles. The highest BCUT2D eigenvalue weighted by Gasteiger charge is 2.34. The normalized spacial score (nSPS) is 14.4. The molecule has 4 rings (SSSR count). The molecule has 242 valence electrons. The molecule has 3 aromatic carbocycles. The molecule has 3 aromatic rings. The number of hydrogen-bond acceptors (Lipinski definition) is 5. The lowest BCUT2D eigenvalue weighted by atomic mass is 9.95. The Morgan fingerprint density at radius 2 is 1.56 bits per heavy atom. The van der Waals surface area contributed by atoms with Crippen molar-refractivity contribution in [1.29, 1.82) is 0 Å². The lowest BCUT2D eigenvalue weighted by Gasteiger charge is -2.34. The second kappa shape index (κ2) is 16.0. The number of rotatable bonds is 13. The summed E-state index contributed by atoms with van der Waals surface area (Å²) >= 11 is 18.7. The van der Waals surface area contributed by atoms with Crippen molar-refractivity contribution >= 4 is 62.3 Å². The highest BCUT2D eigenvalue weighted by Crippen LogP contribution is 2.29. The predicted octanol–water partition coefficient (Wildman–Crippen LogP) is 7.50. The van der Waals surface area contributed by atoms with Gasteiger partial charge in [0.25, 0.3) is 10.0 Å². The number of sulfonamides is 1. The molecule has 2 amide bonds. The first-order chi connectivity index (χ1) is 21.5. The van der Waals surface area contributed by atoms with Crippen LogP contribution in [0.5, 0.6) is 5.75 Å². The van der Waals surface area contributed by atoms with Crippen LogP contribution < -0.4 is 14.4 Å². The summed E-state index contributed by atoms with van der Waals surface area (Å²) in [6.07, 6.45) is 5.26.